The zero-order valence-corrected chi connectivity index (χ0v) is 20.7. The number of rotatable bonds is 8. The van der Waals surface area contributed by atoms with E-state index in [9.17, 15) is 14.7 Å². The summed E-state index contributed by atoms with van der Waals surface area (Å²) in [6.07, 6.45) is -0.0636. The van der Waals surface area contributed by atoms with Crippen LogP contribution >= 0.6 is 0 Å². The van der Waals surface area contributed by atoms with Crippen molar-refractivity contribution in [3.05, 3.63) is 89.5 Å². The molecule has 186 valence electrons. The lowest BCUT2D eigenvalue weighted by Crippen LogP contribution is -2.29. The molecule has 7 nitrogen and oxygen atoms in total. The second kappa shape index (κ2) is 10.6. The molecule has 1 aliphatic heterocycles. The molecular formula is C29H29NO6. The lowest BCUT2D eigenvalue weighted by Gasteiger charge is -2.26. The van der Waals surface area contributed by atoms with E-state index in [4.69, 9.17) is 14.2 Å². The number of para-hydroxylation sites is 1. The summed E-state index contributed by atoms with van der Waals surface area (Å²) in [5.41, 5.74) is 1.42. The van der Waals surface area contributed by atoms with Gasteiger partial charge in [-0.25, -0.2) is 0 Å². The van der Waals surface area contributed by atoms with E-state index in [1.807, 2.05) is 26.8 Å². The SMILES string of the molecule is CCOc1ccc(N2C(=O)C(=O)/C(=C(\O)c3ccccc3OC)C2c2cccc(OC(C)C)c2)cc1. The topological polar surface area (TPSA) is 85.3 Å². The molecule has 4 rings (SSSR count). The van der Waals surface area contributed by atoms with E-state index in [1.54, 1.807) is 66.7 Å². The molecule has 1 saturated heterocycles. The largest absolute Gasteiger partial charge is 0.507 e. The molecule has 1 heterocycles. The second-order valence-corrected chi connectivity index (χ2v) is 8.54. The van der Waals surface area contributed by atoms with Crippen molar-refractivity contribution < 1.29 is 28.9 Å². The van der Waals surface area contributed by atoms with Gasteiger partial charge in [-0.1, -0.05) is 24.3 Å². The maximum absolute atomic E-state index is 13.4. The van der Waals surface area contributed by atoms with Gasteiger partial charge in [-0.15, -0.1) is 0 Å². The van der Waals surface area contributed by atoms with Crippen molar-refractivity contribution in [1.29, 1.82) is 0 Å². The van der Waals surface area contributed by atoms with Crippen LogP contribution in [0.3, 0.4) is 0 Å². The monoisotopic (exact) mass is 487 g/mol. The Morgan fingerprint density at radius 3 is 2.36 bits per heavy atom. The molecule has 0 saturated carbocycles. The molecule has 1 aliphatic rings. The molecule has 1 atom stereocenters. The molecule has 1 unspecified atom stereocenters. The predicted molar refractivity (Wildman–Crippen MR) is 138 cm³/mol. The average molecular weight is 488 g/mol. The van der Waals surface area contributed by atoms with Gasteiger partial charge in [0.2, 0.25) is 0 Å². The van der Waals surface area contributed by atoms with E-state index in [1.165, 1.54) is 12.0 Å². The van der Waals surface area contributed by atoms with Gasteiger partial charge in [0.15, 0.2) is 0 Å². The Morgan fingerprint density at radius 1 is 0.972 bits per heavy atom. The number of anilines is 1. The minimum absolute atomic E-state index is 0.0277. The number of nitrogens with zero attached hydrogens (tertiary/aromatic N) is 1. The van der Waals surface area contributed by atoms with Crippen LogP contribution in [-0.2, 0) is 9.59 Å². The Morgan fingerprint density at radius 2 is 1.69 bits per heavy atom. The van der Waals surface area contributed by atoms with Crippen LogP contribution in [0, 0.1) is 0 Å². The molecule has 0 aromatic heterocycles. The van der Waals surface area contributed by atoms with E-state index < -0.39 is 17.7 Å². The summed E-state index contributed by atoms with van der Waals surface area (Å²) < 4.78 is 16.8. The van der Waals surface area contributed by atoms with E-state index in [2.05, 4.69) is 0 Å². The molecule has 3 aromatic carbocycles. The fourth-order valence-electron chi connectivity index (χ4n) is 4.30. The maximum atomic E-state index is 13.4. The molecule has 1 fully saturated rings. The van der Waals surface area contributed by atoms with Crippen molar-refractivity contribution in [3.63, 3.8) is 0 Å². The third-order valence-electron chi connectivity index (χ3n) is 5.78. The zero-order valence-electron chi connectivity index (χ0n) is 20.7. The van der Waals surface area contributed by atoms with Gasteiger partial charge >= 0.3 is 0 Å². The number of ether oxygens (including phenoxy) is 3. The lowest BCUT2D eigenvalue weighted by atomic mass is 9.94. The quantitative estimate of drug-likeness (QED) is 0.256. The number of carbonyl (C=O) groups excluding carboxylic acids is 2. The van der Waals surface area contributed by atoms with E-state index in [-0.39, 0.29) is 17.4 Å². The molecule has 1 N–H and O–H groups in total. The molecule has 0 aliphatic carbocycles. The molecule has 36 heavy (non-hydrogen) atoms. The summed E-state index contributed by atoms with van der Waals surface area (Å²) >= 11 is 0. The molecule has 0 bridgehead atoms. The average Bonchev–Trinajstić information content (AvgIpc) is 3.14. The van der Waals surface area contributed by atoms with Crippen LogP contribution in [0.4, 0.5) is 5.69 Å². The lowest BCUT2D eigenvalue weighted by molar-refractivity contribution is -0.132. The smallest absolute Gasteiger partial charge is 0.300 e. The van der Waals surface area contributed by atoms with Gasteiger partial charge < -0.3 is 19.3 Å². The third kappa shape index (κ3) is 4.77. The number of benzene rings is 3. The molecule has 7 heteroatoms. The van der Waals surface area contributed by atoms with Crippen molar-refractivity contribution in [2.24, 2.45) is 0 Å². The van der Waals surface area contributed by atoms with Crippen molar-refractivity contribution in [1.82, 2.24) is 0 Å². The van der Waals surface area contributed by atoms with E-state index in [0.29, 0.717) is 40.7 Å². The maximum Gasteiger partial charge on any atom is 0.300 e. The van der Waals surface area contributed by atoms with Crippen LogP contribution in [-0.4, -0.2) is 36.6 Å². The summed E-state index contributed by atoms with van der Waals surface area (Å²) in [5.74, 6) is -0.201. The van der Waals surface area contributed by atoms with Crippen molar-refractivity contribution in [2.45, 2.75) is 32.9 Å². The summed E-state index contributed by atoms with van der Waals surface area (Å²) in [5, 5.41) is 11.4. The van der Waals surface area contributed by atoms with Crippen molar-refractivity contribution in [2.75, 3.05) is 18.6 Å². The second-order valence-electron chi connectivity index (χ2n) is 8.54. The summed E-state index contributed by atoms with van der Waals surface area (Å²) in [6, 6.07) is 20.1. The van der Waals surface area contributed by atoms with Crippen LogP contribution in [0.2, 0.25) is 0 Å². The Kier molecular flexibility index (Phi) is 7.29. The minimum atomic E-state index is -0.886. The van der Waals surface area contributed by atoms with Crippen LogP contribution in [0.25, 0.3) is 5.76 Å². The van der Waals surface area contributed by atoms with Gasteiger partial charge in [0.1, 0.15) is 23.0 Å². The van der Waals surface area contributed by atoms with Gasteiger partial charge in [-0.3, -0.25) is 14.5 Å². The fraction of sp³-hybridized carbons (Fsp3) is 0.241. The normalized spacial score (nSPS) is 16.9. The number of aliphatic hydroxyl groups excluding tert-OH is 1. The number of carbonyl (C=O) groups is 2. The summed E-state index contributed by atoms with van der Waals surface area (Å²) in [4.78, 5) is 28.2. The number of methoxy groups -OCH3 is 1. The van der Waals surface area contributed by atoms with Gasteiger partial charge in [0, 0.05) is 5.69 Å². The fourth-order valence-corrected chi connectivity index (χ4v) is 4.30. The number of Topliss-reactive ketones (excluding diaryl/α,β-unsaturated/α-hetero) is 1. The zero-order chi connectivity index (χ0) is 25.8. The number of hydrogen-bond donors (Lipinski definition) is 1. The first-order chi connectivity index (χ1) is 17.3. The van der Waals surface area contributed by atoms with E-state index in [0.717, 1.165) is 0 Å². The first-order valence-corrected chi connectivity index (χ1v) is 11.8. The highest BCUT2D eigenvalue weighted by molar-refractivity contribution is 6.51. The number of hydrogen-bond acceptors (Lipinski definition) is 6. The Balaban J connectivity index is 1.92. The first kappa shape index (κ1) is 24.9. The van der Waals surface area contributed by atoms with Crippen LogP contribution in [0.15, 0.2) is 78.4 Å². The standard InChI is InChI=1S/C29H29NO6/c1-5-35-21-15-13-20(14-16-21)30-26(19-9-8-10-22(17-19)36-18(2)3)25(28(32)29(30)33)27(31)23-11-6-7-12-24(23)34-4/h6-18,26,31H,5H2,1-4H3/b27-25-. The van der Waals surface area contributed by atoms with Crippen LogP contribution in [0.5, 0.6) is 17.2 Å². The van der Waals surface area contributed by atoms with Gasteiger partial charge in [0.25, 0.3) is 11.7 Å². The molecule has 0 spiro atoms. The van der Waals surface area contributed by atoms with Gasteiger partial charge in [0.05, 0.1) is 37.0 Å². The highest BCUT2D eigenvalue weighted by Gasteiger charge is 2.47. The van der Waals surface area contributed by atoms with E-state index >= 15 is 0 Å². The summed E-state index contributed by atoms with van der Waals surface area (Å²) in [6.45, 7) is 6.22. The minimum Gasteiger partial charge on any atom is -0.507 e. The van der Waals surface area contributed by atoms with Crippen molar-refractivity contribution in [3.8, 4) is 17.2 Å². The summed E-state index contributed by atoms with van der Waals surface area (Å²) in [7, 11) is 1.48. The van der Waals surface area contributed by atoms with Crippen LogP contribution in [0.1, 0.15) is 37.9 Å². The van der Waals surface area contributed by atoms with Crippen molar-refractivity contribution >= 4 is 23.1 Å². The van der Waals surface area contributed by atoms with Gasteiger partial charge in [-0.2, -0.15) is 0 Å². The number of ketones is 1. The Hall–Kier alpha value is -4.26. The molecular weight excluding hydrogens is 458 g/mol. The predicted octanol–water partition coefficient (Wildman–Crippen LogP) is 5.51. The van der Waals surface area contributed by atoms with Gasteiger partial charge in [-0.05, 0) is 74.9 Å². The molecule has 3 aromatic rings. The highest BCUT2D eigenvalue weighted by Crippen LogP contribution is 2.44. The number of amides is 1. The van der Waals surface area contributed by atoms with Crippen LogP contribution < -0.4 is 19.1 Å². The molecule has 0 radical (unpaired) electrons. The first-order valence-electron chi connectivity index (χ1n) is 11.8. The Bertz CT molecular complexity index is 1300. The third-order valence-corrected chi connectivity index (χ3v) is 5.78. The molecule has 1 amide bonds. The Labute approximate surface area is 210 Å². The highest BCUT2D eigenvalue weighted by atomic mass is 16.5. The number of aliphatic hydroxyl groups is 1.